The zero-order chi connectivity index (χ0) is 13.2. The van der Waals surface area contributed by atoms with E-state index in [1.54, 1.807) is 6.20 Å². The monoisotopic (exact) mass is 260 g/mol. The summed E-state index contributed by atoms with van der Waals surface area (Å²) in [5, 5.41) is 2.57. The molecule has 2 aliphatic heterocycles. The maximum atomic E-state index is 11.7. The van der Waals surface area contributed by atoms with Crippen molar-refractivity contribution in [1.82, 2.24) is 20.1 Å². The van der Waals surface area contributed by atoms with Crippen molar-refractivity contribution in [3.63, 3.8) is 0 Å². The molecule has 6 heteroatoms. The number of hydrogen-bond acceptors (Lipinski definition) is 4. The standard InChI is InChI=1S/C13H16N4O2/c18-12-7-15-13(19)17(12)11-3-5-16(9-11)8-10-2-1-4-14-6-10/h1-2,4,6,11H,3,5,7-9H2,(H,15,19). The van der Waals surface area contributed by atoms with E-state index in [1.807, 2.05) is 18.3 Å². The summed E-state index contributed by atoms with van der Waals surface area (Å²) in [5.74, 6) is -0.113. The van der Waals surface area contributed by atoms with Gasteiger partial charge >= 0.3 is 6.03 Å². The highest BCUT2D eigenvalue weighted by atomic mass is 16.2. The van der Waals surface area contributed by atoms with E-state index < -0.39 is 0 Å². The number of pyridine rings is 1. The minimum atomic E-state index is -0.252. The normalized spacial score (nSPS) is 24.0. The van der Waals surface area contributed by atoms with Gasteiger partial charge in [-0.15, -0.1) is 0 Å². The predicted octanol–water partition coefficient (Wildman–Crippen LogP) is 0.208. The van der Waals surface area contributed by atoms with E-state index in [4.69, 9.17) is 0 Å². The lowest BCUT2D eigenvalue weighted by molar-refractivity contribution is -0.126. The van der Waals surface area contributed by atoms with Crippen LogP contribution in [0.4, 0.5) is 4.79 Å². The van der Waals surface area contributed by atoms with Crippen molar-refractivity contribution in [3.8, 4) is 0 Å². The molecule has 2 fully saturated rings. The minimum absolute atomic E-state index is 0.00618. The van der Waals surface area contributed by atoms with Crippen molar-refractivity contribution in [1.29, 1.82) is 0 Å². The number of hydrogen-bond donors (Lipinski definition) is 1. The van der Waals surface area contributed by atoms with Gasteiger partial charge in [-0.1, -0.05) is 6.07 Å². The first-order valence-electron chi connectivity index (χ1n) is 6.45. The summed E-state index contributed by atoms with van der Waals surface area (Å²) in [6, 6.07) is 3.71. The number of imide groups is 1. The Hall–Kier alpha value is -1.95. The van der Waals surface area contributed by atoms with Gasteiger partial charge in [0, 0.05) is 32.0 Å². The smallest absolute Gasteiger partial charge is 0.324 e. The Kier molecular flexibility index (Phi) is 3.16. The summed E-state index contributed by atoms with van der Waals surface area (Å²) in [4.78, 5) is 31.0. The van der Waals surface area contributed by atoms with Gasteiger partial charge in [0.1, 0.15) is 0 Å². The summed E-state index contributed by atoms with van der Waals surface area (Å²) in [7, 11) is 0. The van der Waals surface area contributed by atoms with E-state index >= 15 is 0 Å². The van der Waals surface area contributed by atoms with Crippen LogP contribution < -0.4 is 5.32 Å². The topological polar surface area (TPSA) is 65.5 Å². The van der Waals surface area contributed by atoms with Gasteiger partial charge in [-0.05, 0) is 18.1 Å². The van der Waals surface area contributed by atoms with Crippen LogP contribution in [0.2, 0.25) is 0 Å². The number of amides is 3. The molecule has 19 heavy (non-hydrogen) atoms. The van der Waals surface area contributed by atoms with E-state index in [0.717, 1.165) is 31.6 Å². The van der Waals surface area contributed by atoms with Gasteiger partial charge in [0.2, 0.25) is 5.91 Å². The Bertz CT molecular complexity index is 475. The van der Waals surface area contributed by atoms with Crippen molar-refractivity contribution in [2.45, 2.75) is 19.0 Å². The van der Waals surface area contributed by atoms with Crippen molar-refractivity contribution in [2.24, 2.45) is 0 Å². The molecule has 0 radical (unpaired) electrons. The summed E-state index contributed by atoms with van der Waals surface area (Å²) >= 11 is 0. The van der Waals surface area contributed by atoms with Crippen molar-refractivity contribution < 1.29 is 9.59 Å². The highest BCUT2D eigenvalue weighted by molar-refractivity contribution is 6.02. The molecule has 0 aliphatic carbocycles. The molecule has 100 valence electrons. The Labute approximate surface area is 111 Å². The number of nitrogens with one attached hydrogen (secondary N) is 1. The van der Waals surface area contributed by atoms with Crippen LogP contribution >= 0.6 is 0 Å². The molecule has 0 spiro atoms. The van der Waals surface area contributed by atoms with Crippen LogP contribution in [0.3, 0.4) is 0 Å². The molecule has 1 aromatic heterocycles. The summed E-state index contributed by atoms with van der Waals surface area (Å²) in [6.45, 7) is 2.59. The van der Waals surface area contributed by atoms with E-state index in [9.17, 15) is 9.59 Å². The highest BCUT2D eigenvalue weighted by Gasteiger charge is 2.38. The minimum Gasteiger partial charge on any atom is -0.329 e. The van der Waals surface area contributed by atoms with Gasteiger partial charge in [-0.3, -0.25) is 19.6 Å². The number of carbonyl (C=O) groups is 2. The summed E-state index contributed by atoms with van der Waals surface area (Å²) in [5.41, 5.74) is 1.15. The second-order valence-electron chi connectivity index (χ2n) is 4.96. The lowest BCUT2D eigenvalue weighted by atomic mass is 10.2. The van der Waals surface area contributed by atoms with Crippen LogP contribution in [-0.2, 0) is 11.3 Å². The third kappa shape index (κ3) is 2.44. The molecule has 3 heterocycles. The van der Waals surface area contributed by atoms with Crippen LogP contribution in [-0.4, -0.2) is 52.4 Å². The third-order valence-corrected chi connectivity index (χ3v) is 3.62. The van der Waals surface area contributed by atoms with Crippen LogP contribution in [0.25, 0.3) is 0 Å². The zero-order valence-corrected chi connectivity index (χ0v) is 10.6. The average molecular weight is 260 g/mol. The fourth-order valence-corrected chi connectivity index (χ4v) is 2.72. The number of likely N-dealkylation sites (tertiary alicyclic amines) is 1. The largest absolute Gasteiger partial charge is 0.329 e. The van der Waals surface area contributed by atoms with Crippen molar-refractivity contribution in [2.75, 3.05) is 19.6 Å². The lowest BCUT2D eigenvalue weighted by Crippen LogP contribution is -2.42. The molecular weight excluding hydrogens is 244 g/mol. The van der Waals surface area contributed by atoms with E-state index in [2.05, 4.69) is 15.2 Å². The third-order valence-electron chi connectivity index (χ3n) is 3.62. The molecule has 1 atom stereocenters. The molecule has 2 aliphatic rings. The van der Waals surface area contributed by atoms with Crippen LogP contribution in [0.5, 0.6) is 0 Å². The molecule has 1 N–H and O–H groups in total. The molecule has 6 nitrogen and oxygen atoms in total. The Balaban J connectivity index is 1.61. The average Bonchev–Trinajstić information content (AvgIpc) is 2.98. The van der Waals surface area contributed by atoms with E-state index in [-0.39, 0.29) is 24.5 Å². The lowest BCUT2D eigenvalue weighted by Gasteiger charge is -2.21. The van der Waals surface area contributed by atoms with Gasteiger partial charge in [0.25, 0.3) is 0 Å². The maximum absolute atomic E-state index is 11.7. The maximum Gasteiger partial charge on any atom is 0.324 e. The second-order valence-corrected chi connectivity index (χ2v) is 4.96. The number of carbonyl (C=O) groups excluding carboxylic acids is 2. The first-order chi connectivity index (χ1) is 9.24. The molecule has 2 saturated heterocycles. The Morgan fingerprint density at radius 1 is 1.42 bits per heavy atom. The molecule has 3 amide bonds. The molecule has 3 rings (SSSR count). The number of rotatable bonds is 3. The number of nitrogens with zero attached hydrogens (tertiary/aromatic N) is 3. The van der Waals surface area contributed by atoms with Gasteiger partial charge in [0.05, 0.1) is 12.6 Å². The highest BCUT2D eigenvalue weighted by Crippen LogP contribution is 2.19. The number of aromatic nitrogens is 1. The molecule has 1 unspecified atom stereocenters. The first-order valence-corrected chi connectivity index (χ1v) is 6.45. The number of urea groups is 1. The molecule has 1 aromatic rings. The zero-order valence-electron chi connectivity index (χ0n) is 10.6. The summed E-state index contributed by atoms with van der Waals surface area (Å²) < 4.78 is 0. The van der Waals surface area contributed by atoms with Gasteiger partial charge in [-0.25, -0.2) is 4.79 Å². The Morgan fingerprint density at radius 2 is 2.32 bits per heavy atom. The Morgan fingerprint density at radius 3 is 3.00 bits per heavy atom. The van der Waals surface area contributed by atoms with Crippen molar-refractivity contribution >= 4 is 11.9 Å². The molecule has 0 saturated carbocycles. The van der Waals surface area contributed by atoms with Crippen molar-refractivity contribution in [3.05, 3.63) is 30.1 Å². The fraction of sp³-hybridized carbons (Fsp3) is 0.462. The molecular formula is C13H16N4O2. The SMILES string of the molecule is O=C1CNC(=O)N1C1CCN(Cc2cccnc2)C1. The molecule has 0 aromatic carbocycles. The van der Waals surface area contributed by atoms with E-state index in [0.29, 0.717) is 0 Å². The van der Waals surface area contributed by atoms with Gasteiger partial charge in [-0.2, -0.15) is 0 Å². The predicted molar refractivity (Wildman–Crippen MR) is 68.2 cm³/mol. The second kappa shape index (κ2) is 4.97. The van der Waals surface area contributed by atoms with Gasteiger partial charge < -0.3 is 5.32 Å². The van der Waals surface area contributed by atoms with Crippen LogP contribution in [0.15, 0.2) is 24.5 Å². The first kappa shape index (κ1) is 12.1. The summed E-state index contributed by atoms with van der Waals surface area (Å²) in [6.07, 6.45) is 4.45. The van der Waals surface area contributed by atoms with Crippen LogP contribution in [0, 0.1) is 0 Å². The van der Waals surface area contributed by atoms with Gasteiger partial charge in [0.15, 0.2) is 0 Å². The van der Waals surface area contributed by atoms with E-state index in [1.165, 1.54) is 4.90 Å². The molecule has 0 bridgehead atoms. The van der Waals surface area contributed by atoms with Crippen LogP contribution in [0.1, 0.15) is 12.0 Å². The fourth-order valence-electron chi connectivity index (χ4n) is 2.72. The quantitative estimate of drug-likeness (QED) is 0.789.